The summed E-state index contributed by atoms with van der Waals surface area (Å²) in [5.41, 5.74) is -0.840. The Balaban J connectivity index is 1.60. The first-order valence-corrected chi connectivity index (χ1v) is 25.9. The third-order valence-electron chi connectivity index (χ3n) is 14.5. The molecule has 0 saturated carbocycles. The van der Waals surface area contributed by atoms with Crippen LogP contribution in [0.5, 0.6) is 0 Å². The molecule has 0 bridgehead atoms. The minimum Gasteiger partial charge on any atom is -0.462 e. The zero-order valence-electron chi connectivity index (χ0n) is 45.7. The molecule has 0 aromatic carbocycles. The minimum absolute atomic E-state index is 0.0405. The number of cyclic esters (lactones) is 1. The molecule has 20 heteroatoms. The number of aldehydes is 1. The number of carbonyl (C=O) groups is 5. The van der Waals surface area contributed by atoms with Crippen molar-refractivity contribution >= 4 is 30.0 Å². The quantitative estimate of drug-likeness (QED) is 0.106. The van der Waals surface area contributed by atoms with Crippen molar-refractivity contribution in [2.75, 3.05) is 34.9 Å². The van der Waals surface area contributed by atoms with Crippen molar-refractivity contribution in [1.29, 1.82) is 0 Å². The van der Waals surface area contributed by atoms with Crippen LogP contribution in [0.3, 0.4) is 0 Å². The Morgan fingerprint density at radius 1 is 0.890 bits per heavy atom. The van der Waals surface area contributed by atoms with E-state index in [2.05, 4.69) is 0 Å². The summed E-state index contributed by atoms with van der Waals surface area (Å²) in [6.45, 7) is 18.8. The molecule has 0 spiro atoms. The van der Waals surface area contributed by atoms with Crippen molar-refractivity contribution in [3.63, 3.8) is 0 Å². The molecule has 73 heavy (non-hydrogen) atoms. The Labute approximate surface area is 432 Å². The fourth-order valence-corrected chi connectivity index (χ4v) is 10.6. The first-order valence-electron chi connectivity index (χ1n) is 25.9. The van der Waals surface area contributed by atoms with Gasteiger partial charge in [-0.1, -0.05) is 52.3 Å². The van der Waals surface area contributed by atoms with Crippen molar-refractivity contribution in [2.24, 2.45) is 29.6 Å². The van der Waals surface area contributed by atoms with Crippen LogP contribution in [-0.2, 0) is 76.1 Å². The van der Waals surface area contributed by atoms with Gasteiger partial charge in [0.05, 0.1) is 49.6 Å². The molecule has 3 N–H and O–H groups in total. The molecule has 0 radical (unpaired) electrons. The molecule has 21 atom stereocenters. The Hall–Kier alpha value is -3.25. The van der Waals surface area contributed by atoms with Crippen LogP contribution in [0.25, 0.3) is 0 Å². The lowest BCUT2D eigenvalue weighted by molar-refractivity contribution is -0.342. The number of allylic oxidation sites excluding steroid dienone is 3. The summed E-state index contributed by atoms with van der Waals surface area (Å²) < 4.78 is 67.2. The smallest absolute Gasteiger partial charge is 0.308 e. The van der Waals surface area contributed by atoms with Gasteiger partial charge in [0.1, 0.15) is 42.4 Å². The lowest BCUT2D eigenvalue weighted by atomic mass is 9.79. The van der Waals surface area contributed by atoms with E-state index >= 15 is 0 Å². The minimum atomic E-state index is -1.51. The summed E-state index contributed by atoms with van der Waals surface area (Å²) in [6.07, 6.45) is -8.45. The van der Waals surface area contributed by atoms with Crippen molar-refractivity contribution in [1.82, 2.24) is 4.90 Å². The van der Waals surface area contributed by atoms with Crippen LogP contribution in [0.1, 0.15) is 115 Å². The third-order valence-corrected chi connectivity index (χ3v) is 14.5. The highest BCUT2D eigenvalue weighted by Gasteiger charge is 2.53. The Bertz CT molecular complexity index is 1860. The highest BCUT2D eigenvalue weighted by Crippen LogP contribution is 2.38. The highest BCUT2D eigenvalue weighted by atomic mass is 16.7. The van der Waals surface area contributed by atoms with E-state index in [-0.39, 0.29) is 44.0 Å². The van der Waals surface area contributed by atoms with Gasteiger partial charge in [-0.15, -0.1) is 0 Å². The number of likely N-dealkylation sites (N-methyl/N-ethyl adjacent to an activating group) is 1. The van der Waals surface area contributed by atoms with Crippen LogP contribution in [-0.4, -0.2) is 189 Å². The lowest BCUT2D eigenvalue weighted by Gasteiger charge is -2.50. The molecule has 3 saturated heterocycles. The number of hydrogen-bond acceptors (Lipinski definition) is 20. The van der Waals surface area contributed by atoms with Gasteiger partial charge in [-0.05, 0) is 79.5 Å². The van der Waals surface area contributed by atoms with Crippen LogP contribution < -0.4 is 0 Å². The standard InChI is InChI=1S/C53H87NO19/c1-16-39-36(26-65-52-49(64-15)48(63-14)47(32(8)68-52)71-40(59)21-27(2)3)22-28(4)17-18-37(57)29(5)23-35(19-20-55)45(30(6)38(58)24-41(60)70-39)73-51-44(61)43(54(12)13)46(31(7)67-51)72-42-25-53(11,62)50(33(9)66-42)69-34(10)56/h17-18,20,22,27,29-33,35-36,38-39,42-52,58,61-62H,16,19,21,23-26H2,1-15H3/b18-17-,28-22-/t29-,30+,31-,32-,33+,35+,36-,38-,39-,42+,43-,44-,45-,46-,47-,48-,49-,50+,51-,52-,53-/m1/s1. The number of nitrogens with zero attached hydrogens (tertiary/aromatic N) is 1. The van der Waals surface area contributed by atoms with Gasteiger partial charge in [0.2, 0.25) is 0 Å². The predicted octanol–water partition coefficient (Wildman–Crippen LogP) is 4.00. The van der Waals surface area contributed by atoms with Crippen LogP contribution in [0, 0.1) is 29.6 Å². The summed E-state index contributed by atoms with van der Waals surface area (Å²) in [5.74, 6) is -4.63. The topological polar surface area (TPSA) is 251 Å². The largest absolute Gasteiger partial charge is 0.462 e. The number of rotatable bonds is 17. The zero-order chi connectivity index (χ0) is 54.6. The molecule has 0 aromatic rings. The molecule has 4 aliphatic heterocycles. The second kappa shape index (κ2) is 28.2. The molecular formula is C53H87NO19. The maximum atomic E-state index is 14.0. The molecule has 0 amide bonds. The maximum Gasteiger partial charge on any atom is 0.308 e. The third kappa shape index (κ3) is 16.9. The summed E-state index contributed by atoms with van der Waals surface area (Å²) in [7, 11) is 6.45. The number of aliphatic hydroxyl groups excluding tert-OH is 2. The van der Waals surface area contributed by atoms with Crippen LogP contribution in [0.15, 0.2) is 23.8 Å². The van der Waals surface area contributed by atoms with Crippen molar-refractivity contribution in [3.8, 4) is 0 Å². The van der Waals surface area contributed by atoms with Crippen molar-refractivity contribution in [2.45, 2.75) is 218 Å². The second-order valence-corrected chi connectivity index (χ2v) is 21.4. The molecule has 0 unspecified atom stereocenters. The second-order valence-electron chi connectivity index (χ2n) is 21.4. The van der Waals surface area contributed by atoms with E-state index < -0.39 is 152 Å². The number of esters is 3. The molecule has 4 heterocycles. The number of ketones is 1. The van der Waals surface area contributed by atoms with Crippen molar-refractivity contribution < 1.29 is 91.4 Å². The molecular weight excluding hydrogens is 955 g/mol. The van der Waals surface area contributed by atoms with Gasteiger partial charge >= 0.3 is 17.9 Å². The first-order chi connectivity index (χ1) is 34.3. The zero-order valence-corrected chi connectivity index (χ0v) is 45.7. The number of carbonyl (C=O) groups excluding carboxylic acids is 5. The highest BCUT2D eigenvalue weighted by molar-refractivity contribution is 5.91. The average Bonchev–Trinajstić information content (AvgIpc) is 3.29. The normalized spacial score (nSPS) is 41.6. The lowest BCUT2D eigenvalue weighted by Crippen LogP contribution is -2.65. The van der Waals surface area contributed by atoms with Crippen LogP contribution in [0.2, 0.25) is 0 Å². The fraction of sp³-hybridized carbons (Fsp3) is 0.830. The fourth-order valence-electron chi connectivity index (χ4n) is 10.6. The van der Waals surface area contributed by atoms with E-state index in [1.165, 1.54) is 34.1 Å². The number of aliphatic hydroxyl groups is 3. The molecule has 4 aliphatic rings. The number of methoxy groups -OCH3 is 2. The number of hydrogen-bond donors (Lipinski definition) is 3. The number of ether oxygens (including phenoxy) is 11. The molecule has 4 rings (SSSR count). The van der Waals surface area contributed by atoms with E-state index in [0.29, 0.717) is 18.3 Å². The summed E-state index contributed by atoms with van der Waals surface area (Å²) >= 11 is 0. The van der Waals surface area contributed by atoms with Gasteiger partial charge in [0.25, 0.3) is 0 Å². The van der Waals surface area contributed by atoms with Gasteiger partial charge in [-0.25, -0.2) is 0 Å². The summed E-state index contributed by atoms with van der Waals surface area (Å²) in [6, 6.07) is -0.786. The maximum absolute atomic E-state index is 14.0. The van der Waals surface area contributed by atoms with E-state index in [1.807, 2.05) is 26.8 Å². The van der Waals surface area contributed by atoms with Crippen molar-refractivity contribution in [3.05, 3.63) is 23.8 Å². The van der Waals surface area contributed by atoms with E-state index in [1.54, 1.807) is 66.6 Å². The summed E-state index contributed by atoms with van der Waals surface area (Å²) in [4.78, 5) is 66.5. The predicted molar refractivity (Wildman–Crippen MR) is 263 cm³/mol. The average molecular weight is 1040 g/mol. The van der Waals surface area contributed by atoms with Gasteiger partial charge < -0.3 is 77.1 Å². The van der Waals surface area contributed by atoms with Gasteiger partial charge in [0.15, 0.2) is 36.9 Å². The van der Waals surface area contributed by atoms with E-state index in [9.17, 15) is 39.3 Å². The van der Waals surface area contributed by atoms with E-state index in [0.717, 1.165) is 0 Å². The molecule has 20 nitrogen and oxygen atoms in total. The molecule has 0 aromatic heterocycles. The van der Waals surface area contributed by atoms with Crippen LogP contribution >= 0.6 is 0 Å². The Kier molecular flexibility index (Phi) is 24.1. The molecule has 3 fully saturated rings. The SMILES string of the molecule is CC[C@H]1OC(=O)C[C@@H](O)[C@H](C)[C@@H](O[C@H]2O[C@H](C)[C@@H](O[C@H]3C[C@@](C)(O)[C@@H](OC(C)=O)[C@H](C)O3)[C@H](N(C)C)[C@H]2O)[C@@H](CC=O)C[C@@H](C)C(=O)/C=C\C(C)=C/[C@@H]1CO[C@@H]1O[C@H](C)[C@@H](OC(=O)CC(C)C)[C@@H](OC)[C@H]1OC. The van der Waals surface area contributed by atoms with Gasteiger partial charge in [0, 0.05) is 58.2 Å². The molecule has 418 valence electrons. The summed E-state index contributed by atoms with van der Waals surface area (Å²) in [5, 5.41) is 35.3. The van der Waals surface area contributed by atoms with Gasteiger partial charge in [-0.2, -0.15) is 0 Å². The van der Waals surface area contributed by atoms with Crippen LogP contribution in [0.4, 0.5) is 0 Å². The Morgan fingerprint density at radius 3 is 2.11 bits per heavy atom. The first kappa shape index (κ1) is 62.3. The monoisotopic (exact) mass is 1040 g/mol. The Morgan fingerprint density at radius 2 is 1.53 bits per heavy atom. The molecule has 0 aliphatic carbocycles. The van der Waals surface area contributed by atoms with E-state index in [4.69, 9.17) is 52.1 Å². The van der Waals surface area contributed by atoms with Gasteiger partial charge in [-0.3, -0.25) is 19.2 Å².